The molecule has 1 saturated heterocycles. The van der Waals surface area contributed by atoms with Crippen molar-refractivity contribution in [1.82, 2.24) is 10.2 Å². The Morgan fingerprint density at radius 1 is 1.37 bits per heavy atom. The number of nitrogens with zero attached hydrogens (tertiary/aromatic N) is 1. The van der Waals surface area contributed by atoms with Crippen LogP contribution in [0.4, 0.5) is 5.69 Å². The van der Waals surface area contributed by atoms with Crippen LogP contribution < -0.4 is 10.6 Å². The number of likely N-dealkylation sites (N-methyl/N-ethyl adjacent to an activating group) is 1. The molecular formula is C15H23N3O. The first-order valence-electron chi connectivity index (χ1n) is 7.08. The van der Waals surface area contributed by atoms with Gasteiger partial charge in [-0.25, -0.2) is 0 Å². The highest BCUT2D eigenvalue weighted by molar-refractivity contribution is 5.92. The number of hydrogen-bond donors (Lipinski definition) is 2. The van der Waals surface area contributed by atoms with Crippen LogP contribution in [0.25, 0.3) is 0 Å². The van der Waals surface area contributed by atoms with Crippen molar-refractivity contribution in [2.24, 2.45) is 0 Å². The van der Waals surface area contributed by atoms with Crippen LogP contribution in [0.5, 0.6) is 0 Å². The zero-order valence-electron chi connectivity index (χ0n) is 11.6. The molecule has 1 aromatic rings. The number of benzene rings is 1. The van der Waals surface area contributed by atoms with Gasteiger partial charge in [-0.3, -0.25) is 9.69 Å². The van der Waals surface area contributed by atoms with Gasteiger partial charge in [-0.2, -0.15) is 0 Å². The second kappa shape index (κ2) is 7.26. The lowest BCUT2D eigenvalue weighted by atomic mass is 10.1. The van der Waals surface area contributed by atoms with Crippen LogP contribution in [0.2, 0.25) is 0 Å². The Bertz CT molecular complexity index is 392. The van der Waals surface area contributed by atoms with E-state index < -0.39 is 0 Å². The molecule has 0 spiro atoms. The number of piperidine rings is 1. The number of likely N-dealkylation sites (tertiary alicyclic amines) is 1. The summed E-state index contributed by atoms with van der Waals surface area (Å²) < 4.78 is 0. The highest BCUT2D eigenvalue weighted by atomic mass is 16.2. The maximum atomic E-state index is 12.0. The molecule has 19 heavy (non-hydrogen) atoms. The summed E-state index contributed by atoms with van der Waals surface area (Å²) in [5, 5.41) is 6.40. The van der Waals surface area contributed by atoms with Crippen molar-refractivity contribution in [2.75, 3.05) is 31.5 Å². The predicted molar refractivity (Wildman–Crippen MR) is 78.2 cm³/mol. The lowest BCUT2D eigenvalue weighted by Crippen LogP contribution is -2.47. The number of amides is 1. The van der Waals surface area contributed by atoms with Gasteiger partial charge in [-0.05, 0) is 38.1 Å². The summed E-state index contributed by atoms with van der Waals surface area (Å²) in [6.07, 6.45) is 2.38. The fraction of sp³-hybridized carbons (Fsp3) is 0.533. The van der Waals surface area contributed by atoms with Gasteiger partial charge < -0.3 is 10.6 Å². The molecule has 1 aliphatic heterocycles. The van der Waals surface area contributed by atoms with E-state index in [4.69, 9.17) is 0 Å². The van der Waals surface area contributed by atoms with E-state index in [0.29, 0.717) is 12.6 Å². The number of hydrogen-bond acceptors (Lipinski definition) is 3. The van der Waals surface area contributed by atoms with Crippen LogP contribution in [0.15, 0.2) is 30.3 Å². The number of rotatable bonds is 5. The normalized spacial score (nSPS) is 20.2. The first kappa shape index (κ1) is 14.0. The van der Waals surface area contributed by atoms with Crippen LogP contribution in [0.3, 0.4) is 0 Å². The van der Waals surface area contributed by atoms with Crippen LogP contribution in [0, 0.1) is 0 Å². The molecule has 104 valence electrons. The molecule has 1 aliphatic rings. The molecule has 0 radical (unpaired) electrons. The molecule has 1 amide bonds. The smallest absolute Gasteiger partial charge is 0.238 e. The second-order valence-corrected chi connectivity index (χ2v) is 5.05. The van der Waals surface area contributed by atoms with Gasteiger partial charge in [-0.1, -0.05) is 25.1 Å². The lowest BCUT2D eigenvalue weighted by molar-refractivity contribution is -0.117. The zero-order valence-corrected chi connectivity index (χ0v) is 11.6. The molecule has 1 fully saturated rings. The van der Waals surface area contributed by atoms with E-state index in [0.717, 1.165) is 31.7 Å². The Balaban J connectivity index is 1.78. The summed E-state index contributed by atoms with van der Waals surface area (Å²) in [5.41, 5.74) is 0.868. The fourth-order valence-electron chi connectivity index (χ4n) is 2.58. The maximum absolute atomic E-state index is 12.0. The van der Waals surface area contributed by atoms with Crippen LogP contribution in [-0.2, 0) is 4.79 Å². The van der Waals surface area contributed by atoms with Crippen molar-refractivity contribution in [2.45, 2.75) is 25.8 Å². The van der Waals surface area contributed by atoms with E-state index in [9.17, 15) is 4.79 Å². The molecule has 0 bridgehead atoms. The van der Waals surface area contributed by atoms with Gasteiger partial charge in [0.25, 0.3) is 0 Å². The number of carbonyl (C=O) groups is 1. The molecule has 1 atom stereocenters. The van der Waals surface area contributed by atoms with Gasteiger partial charge in [0.1, 0.15) is 0 Å². The summed E-state index contributed by atoms with van der Waals surface area (Å²) >= 11 is 0. The summed E-state index contributed by atoms with van der Waals surface area (Å²) in [5.74, 6) is 0.0725. The molecule has 2 N–H and O–H groups in total. The van der Waals surface area contributed by atoms with E-state index in [1.165, 1.54) is 6.42 Å². The van der Waals surface area contributed by atoms with Gasteiger partial charge in [0.2, 0.25) is 5.91 Å². The van der Waals surface area contributed by atoms with Gasteiger partial charge in [0, 0.05) is 18.3 Å². The Hall–Kier alpha value is -1.39. The number of carbonyl (C=O) groups excluding carboxylic acids is 1. The predicted octanol–water partition coefficient (Wildman–Crippen LogP) is 1.70. The maximum Gasteiger partial charge on any atom is 0.238 e. The topological polar surface area (TPSA) is 44.4 Å². The summed E-state index contributed by atoms with van der Waals surface area (Å²) in [6, 6.07) is 10.2. The number of para-hydroxylation sites is 1. The minimum atomic E-state index is 0.0725. The van der Waals surface area contributed by atoms with Crippen LogP contribution >= 0.6 is 0 Å². The highest BCUT2D eigenvalue weighted by Crippen LogP contribution is 2.10. The lowest BCUT2D eigenvalue weighted by Gasteiger charge is -2.32. The molecule has 4 nitrogen and oxygen atoms in total. The van der Waals surface area contributed by atoms with E-state index in [1.54, 1.807) is 0 Å². The molecule has 2 rings (SSSR count). The minimum absolute atomic E-state index is 0.0725. The monoisotopic (exact) mass is 261 g/mol. The quantitative estimate of drug-likeness (QED) is 0.848. The molecule has 0 aromatic heterocycles. The first-order valence-corrected chi connectivity index (χ1v) is 7.08. The number of nitrogens with one attached hydrogen (secondary N) is 2. The Morgan fingerprint density at radius 3 is 2.89 bits per heavy atom. The van der Waals surface area contributed by atoms with E-state index in [-0.39, 0.29) is 5.91 Å². The van der Waals surface area contributed by atoms with Gasteiger partial charge in [0.15, 0.2) is 0 Å². The van der Waals surface area contributed by atoms with E-state index in [1.807, 2.05) is 30.3 Å². The molecule has 0 saturated carbocycles. The van der Waals surface area contributed by atoms with Gasteiger partial charge in [0.05, 0.1) is 6.54 Å². The van der Waals surface area contributed by atoms with Crippen molar-refractivity contribution in [3.8, 4) is 0 Å². The SMILES string of the molecule is CCNC1CCCN(CC(=O)Nc2ccccc2)C1. The van der Waals surface area contributed by atoms with Gasteiger partial charge >= 0.3 is 0 Å². The third-order valence-corrected chi connectivity index (χ3v) is 3.42. The molecular weight excluding hydrogens is 238 g/mol. The van der Waals surface area contributed by atoms with Crippen molar-refractivity contribution in [3.63, 3.8) is 0 Å². The largest absolute Gasteiger partial charge is 0.325 e. The summed E-state index contributed by atoms with van der Waals surface area (Å²) in [4.78, 5) is 14.2. The standard InChI is InChI=1S/C15H23N3O/c1-2-16-14-9-6-10-18(11-14)12-15(19)17-13-7-4-3-5-8-13/h3-5,7-8,14,16H,2,6,9-12H2,1H3,(H,17,19). The Labute approximate surface area is 115 Å². The first-order chi connectivity index (χ1) is 9.28. The fourth-order valence-corrected chi connectivity index (χ4v) is 2.58. The van der Waals surface area contributed by atoms with Crippen molar-refractivity contribution in [3.05, 3.63) is 30.3 Å². The van der Waals surface area contributed by atoms with E-state index >= 15 is 0 Å². The Morgan fingerprint density at radius 2 is 2.16 bits per heavy atom. The zero-order chi connectivity index (χ0) is 13.5. The number of anilines is 1. The van der Waals surface area contributed by atoms with Crippen molar-refractivity contribution in [1.29, 1.82) is 0 Å². The molecule has 0 aliphatic carbocycles. The third-order valence-electron chi connectivity index (χ3n) is 3.42. The van der Waals surface area contributed by atoms with Crippen molar-refractivity contribution >= 4 is 11.6 Å². The molecule has 4 heteroatoms. The van der Waals surface area contributed by atoms with E-state index in [2.05, 4.69) is 22.5 Å². The highest BCUT2D eigenvalue weighted by Gasteiger charge is 2.20. The average Bonchev–Trinajstić information content (AvgIpc) is 2.40. The molecule has 1 unspecified atom stereocenters. The van der Waals surface area contributed by atoms with Crippen LogP contribution in [-0.4, -0.2) is 43.0 Å². The second-order valence-electron chi connectivity index (χ2n) is 5.05. The summed E-state index contributed by atoms with van der Waals surface area (Å²) in [7, 11) is 0. The van der Waals surface area contributed by atoms with Gasteiger partial charge in [-0.15, -0.1) is 0 Å². The third kappa shape index (κ3) is 4.65. The van der Waals surface area contributed by atoms with Crippen molar-refractivity contribution < 1.29 is 4.79 Å². The molecule has 1 heterocycles. The average molecular weight is 261 g/mol. The minimum Gasteiger partial charge on any atom is -0.325 e. The summed E-state index contributed by atoms with van der Waals surface area (Å²) in [6.45, 7) is 5.59. The Kier molecular flexibility index (Phi) is 5.36. The molecule has 1 aromatic carbocycles. The van der Waals surface area contributed by atoms with Crippen LogP contribution in [0.1, 0.15) is 19.8 Å².